The minimum absolute atomic E-state index is 0. The van der Waals surface area contributed by atoms with Crippen molar-refractivity contribution in [2.75, 3.05) is 19.6 Å². The molecule has 0 radical (unpaired) electrons. The Labute approximate surface area is 127 Å². The highest BCUT2D eigenvalue weighted by atomic mass is 79.9. The minimum atomic E-state index is -0.310. The van der Waals surface area contributed by atoms with E-state index < -0.39 is 0 Å². The predicted octanol–water partition coefficient (Wildman–Crippen LogP) is 2.37. The van der Waals surface area contributed by atoms with Crippen molar-refractivity contribution in [3.8, 4) is 0 Å². The summed E-state index contributed by atoms with van der Waals surface area (Å²) < 4.78 is 13.9. The number of amides is 1. The van der Waals surface area contributed by atoms with Crippen LogP contribution in [0.3, 0.4) is 0 Å². The number of benzene rings is 1. The summed E-state index contributed by atoms with van der Waals surface area (Å²) in [6.07, 6.45) is 0.241. The number of piperazine rings is 1. The zero-order valence-corrected chi connectivity index (χ0v) is 13.1. The molecule has 1 saturated heterocycles. The van der Waals surface area contributed by atoms with Crippen LogP contribution in [0.15, 0.2) is 22.7 Å². The van der Waals surface area contributed by atoms with Gasteiger partial charge < -0.3 is 10.2 Å². The second kappa shape index (κ2) is 7.22. The van der Waals surface area contributed by atoms with Crippen molar-refractivity contribution < 1.29 is 9.18 Å². The van der Waals surface area contributed by atoms with Crippen molar-refractivity contribution in [2.24, 2.45) is 0 Å². The number of hydrogen-bond donors (Lipinski definition) is 1. The lowest BCUT2D eigenvalue weighted by Crippen LogP contribution is -2.51. The molecule has 106 valence electrons. The van der Waals surface area contributed by atoms with Crippen molar-refractivity contribution in [1.82, 2.24) is 10.2 Å². The number of carbonyl (C=O) groups is 1. The molecule has 1 heterocycles. The van der Waals surface area contributed by atoms with Gasteiger partial charge in [0.15, 0.2) is 0 Å². The summed E-state index contributed by atoms with van der Waals surface area (Å²) in [7, 11) is 0. The molecule has 3 nitrogen and oxygen atoms in total. The summed E-state index contributed by atoms with van der Waals surface area (Å²) in [4.78, 5) is 14.0. The van der Waals surface area contributed by atoms with E-state index in [-0.39, 0.29) is 30.6 Å². The van der Waals surface area contributed by atoms with Crippen LogP contribution in [0.2, 0.25) is 0 Å². The molecule has 1 aliphatic rings. The summed E-state index contributed by atoms with van der Waals surface area (Å²) in [5, 5.41) is 3.29. The largest absolute Gasteiger partial charge is 0.340 e. The molecule has 0 unspecified atom stereocenters. The van der Waals surface area contributed by atoms with Crippen LogP contribution in [0.1, 0.15) is 12.5 Å². The average molecular weight is 352 g/mol. The smallest absolute Gasteiger partial charge is 0.227 e. The number of rotatable bonds is 2. The third-order valence-corrected chi connectivity index (χ3v) is 3.84. The van der Waals surface area contributed by atoms with Crippen molar-refractivity contribution in [2.45, 2.75) is 19.4 Å². The minimum Gasteiger partial charge on any atom is -0.340 e. The third-order valence-electron chi connectivity index (χ3n) is 3.07. The summed E-state index contributed by atoms with van der Waals surface area (Å²) in [6, 6.07) is 4.75. The van der Waals surface area contributed by atoms with E-state index >= 15 is 0 Å². The standard InChI is InChI=1S/C13H16BrFN2O.ClH/c1-9-8-17(5-4-16-9)13(18)7-10-6-11(15)2-3-12(10)14;/h2-3,6,9,16H,4-5,7-8H2,1H3;1H/t9-;/m1./s1. The lowest BCUT2D eigenvalue weighted by atomic mass is 10.1. The van der Waals surface area contributed by atoms with Gasteiger partial charge in [0.05, 0.1) is 6.42 Å². The zero-order chi connectivity index (χ0) is 13.1. The van der Waals surface area contributed by atoms with Gasteiger partial charge in [-0.2, -0.15) is 0 Å². The van der Waals surface area contributed by atoms with E-state index in [1.54, 1.807) is 6.07 Å². The topological polar surface area (TPSA) is 32.3 Å². The lowest BCUT2D eigenvalue weighted by molar-refractivity contribution is -0.131. The summed E-state index contributed by atoms with van der Waals surface area (Å²) in [5.41, 5.74) is 0.700. The summed E-state index contributed by atoms with van der Waals surface area (Å²) in [5.74, 6) is -0.260. The molecular weight excluding hydrogens is 335 g/mol. The van der Waals surface area contributed by atoms with Gasteiger partial charge >= 0.3 is 0 Å². The Bertz CT molecular complexity index is 458. The number of hydrogen-bond acceptors (Lipinski definition) is 2. The van der Waals surface area contributed by atoms with Gasteiger partial charge in [0.1, 0.15) is 5.82 Å². The maximum Gasteiger partial charge on any atom is 0.227 e. The van der Waals surface area contributed by atoms with Crippen LogP contribution in [0, 0.1) is 5.82 Å². The van der Waals surface area contributed by atoms with Gasteiger partial charge in [0.25, 0.3) is 0 Å². The second-order valence-corrected chi connectivity index (χ2v) is 5.46. The van der Waals surface area contributed by atoms with Crippen LogP contribution < -0.4 is 5.32 Å². The van der Waals surface area contributed by atoms with Crippen molar-refractivity contribution >= 4 is 34.2 Å². The molecule has 0 bridgehead atoms. The fraction of sp³-hybridized carbons (Fsp3) is 0.462. The normalized spacial score (nSPS) is 18.9. The first-order valence-corrected chi connectivity index (χ1v) is 6.80. The maximum absolute atomic E-state index is 13.1. The molecule has 1 aromatic carbocycles. The molecule has 1 aliphatic heterocycles. The quantitative estimate of drug-likeness (QED) is 0.887. The van der Waals surface area contributed by atoms with Crippen LogP contribution in [0.5, 0.6) is 0 Å². The molecular formula is C13H17BrClFN2O. The highest BCUT2D eigenvalue weighted by molar-refractivity contribution is 9.10. The Balaban J connectivity index is 0.00000180. The first-order chi connectivity index (χ1) is 8.56. The molecule has 0 saturated carbocycles. The molecule has 2 rings (SSSR count). The first kappa shape index (κ1) is 16.4. The Morgan fingerprint density at radius 2 is 2.32 bits per heavy atom. The van der Waals surface area contributed by atoms with Crippen molar-refractivity contribution in [1.29, 1.82) is 0 Å². The van der Waals surface area contributed by atoms with Crippen LogP contribution in [0.4, 0.5) is 4.39 Å². The molecule has 6 heteroatoms. The number of carbonyl (C=O) groups excluding carboxylic acids is 1. The van der Waals surface area contributed by atoms with E-state index in [1.807, 2.05) is 4.90 Å². The lowest BCUT2D eigenvalue weighted by Gasteiger charge is -2.32. The number of nitrogens with zero attached hydrogens (tertiary/aromatic N) is 1. The van der Waals surface area contributed by atoms with Crippen LogP contribution in [0.25, 0.3) is 0 Å². The third kappa shape index (κ3) is 4.44. The molecule has 1 N–H and O–H groups in total. The van der Waals surface area contributed by atoms with Gasteiger partial charge in [0, 0.05) is 30.1 Å². The first-order valence-electron chi connectivity index (χ1n) is 6.01. The molecule has 0 aromatic heterocycles. The van der Waals surface area contributed by atoms with Crippen molar-refractivity contribution in [3.05, 3.63) is 34.1 Å². The highest BCUT2D eigenvalue weighted by Gasteiger charge is 2.21. The Morgan fingerprint density at radius 3 is 3.00 bits per heavy atom. The van der Waals surface area contributed by atoms with Gasteiger partial charge in [-0.3, -0.25) is 4.79 Å². The van der Waals surface area contributed by atoms with Gasteiger partial charge in [-0.25, -0.2) is 4.39 Å². The molecule has 19 heavy (non-hydrogen) atoms. The van der Waals surface area contributed by atoms with E-state index in [1.165, 1.54) is 12.1 Å². The Hall–Kier alpha value is -0.650. The SMILES string of the molecule is C[C@@H]1CN(C(=O)Cc2cc(F)ccc2Br)CCN1.Cl. The molecule has 1 aromatic rings. The van der Waals surface area contributed by atoms with Gasteiger partial charge in [-0.05, 0) is 30.7 Å². The van der Waals surface area contributed by atoms with E-state index in [0.29, 0.717) is 18.2 Å². The van der Waals surface area contributed by atoms with Gasteiger partial charge in [-0.1, -0.05) is 15.9 Å². The molecule has 0 spiro atoms. The van der Waals surface area contributed by atoms with Gasteiger partial charge in [0.2, 0.25) is 5.91 Å². The molecule has 0 aliphatic carbocycles. The van der Waals surface area contributed by atoms with E-state index in [0.717, 1.165) is 17.6 Å². The molecule has 1 amide bonds. The maximum atomic E-state index is 13.1. The Morgan fingerprint density at radius 1 is 1.58 bits per heavy atom. The van der Waals surface area contributed by atoms with E-state index in [2.05, 4.69) is 28.2 Å². The number of halogens is 3. The van der Waals surface area contributed by atoms with Gasteiger partial charge in [-0.15, -0.1) is 12.4 Å². The van der Waals surface area contributed by atoms with E-state index in [4.69, 9.17) is 0 Å². The average Bonchev–Trinajstić information content (AvgIpc) is 2.34. The van der Waals surface area contributed by atoms with E-state index in [9.17, 15) is 9.18 Å². The van der Waals surface area contributed by atoms with Crippen LogP contribution >= 0.6 is 28.3 Å². The highest BCUT2D eigenvalue weighted by Crippen LogP contribution is 2.19. The fourth-order valence-electron chi connectivity index (χ4n) is 2.11. The van der Waals surface area contributed by atoms with Crippen molar-refractivity contribution in [3.63, 3.8) is 0 Å². The van der Waals surface area contributed by atoms with Crippen LogP contribution in [-0.4, -0.2) is 36.5 Å². The number of nitrogens with one attached hydrogen (secondary N) is 1. The Kier molecular flexibility index (Phi) is 6.23. The fourth-order valence-corrected chi connectivity index (χ4v) is 2.50. The summed E-state index contributed by atoms with van der Waals surface area (Å²) >= 11 is 3.35. The second-order valence-electron chi connectivity index (χ2n) is 4.61. The van der Waals surface area contributed by atoms with Crippen LogP contribution in [-0.2, 0) is 11.2 Å². The molecule has 1 fully saturated rings. The predicted molar refractivity (Wildman–Crippen MR) is 79.1 cm³/mol. The summed E-state index contributed by atoms with van der Waals surface area (Å²) in [6.45, 7) is 4.30. The zero-order valence-electron chi connectivity index (χ0n) is 10.7. The monoisotopic (exact) mass is 350 g/mol. The molecule has 1 atom stereocenters.